The smallest absolute Gasteiger partial charge is 0.497 e. The highest BCUT2D eigenvalue weighted by molar-refractivity contribution is 5.95. The molecule has 0 saturated carbocycles. The maximum Gasteiger partial charge on any atom is 0.573 e. The fraction of sp³-hybridized carbons (Fsp3) is 0.167. The zero-order valence-electron chi connectivity index (χ0n) is 13.6. The van der Waals surface area contributed by atoms with Crippen molar-refractivity contribution in [3.8, 4) is 11.5 Å². The molecule has 0 saturated heterocycles. The van der Waals surface area contributed by atoms with Crippen LogP contribution in [0.5, 0.6) is 11.5 Å². The highest BCUT2D eigenvalue weighted by atomic mass is 19.4. The molecule has 8 heteroatoms. The van der Waals surface area contributed by atoms with Gasteiger partial charge in [-0.25, -0.2) is 0 Å². The monoisotopic (exact) mass is 365 g/mol. The average Bonchev–Trinajstić information content (AvgIpc) is 2.97. The molecule has 0 spiro atoms. The molecule has 3 aromatic rings. The summed E-state index contributed by atoms with van der Waals surface area (Å²) in [6.07, 6.45) is -3.21. The van der Waals surface area contributed by atoms with E-state index in [-0.39, 0.29) is 18.1 Å². The van der Waals surface area contributed by atoms with Crippen LogP contribution in [0.3, 0.4) is 0 Å². The van der Waals surface area contributed by atoms with Gasteiger partial charge in [-0.15, -0.1) is 13.2 Å². The van der Waals surface area contributed by atoms with Gasteiger partial charge >= 0.3 is 6.36 Å². The van der Waals surface area contributed by atoms with E-state index in [4.69, 9.17) is 9.15 Å². The molecule has 0 aliphatic carbocycles. The first kappa shape index (κ1) is 17.7. The van der Waals surface area contributed by atoms with E-state index >= 15 is 0 Å². The predicted molar refractivity (Wildman–Crippen MR) is 88.2 cm³/mol. The number of nitrogens with one attached hydrogen (secondary N) is 1. The maximum atomic E-state index is 12.2. The zero-order valence-corrected chi connectivity index (χ0v) is 13.6. The van der Waals surface area contributed by atoms with Crippen molar-refractivity contribution in [3.05, 3.63) is 54.3 Å². The minimum absolute atomic E-state index is 0.0557. The lowest BCUT2D eigenvalue weighted by Gasteiger charge is -2.09. The van der Waals surface area contributed by atoms with Crippen molar-refractivity contribution in [2.45, 2.75) is 12.8 Å². The van der Waals surface area contributed by atoms with Crippen LogP contribution in [-0.4, -0.2) is 19.4 Å². The standard InChI is InChI=1S/C18H14F3NO4/c1-24-14-6-7-15-11(10-25-16(15)9-14)8-17(23)22-12-2-4-13(5-3-12)26-18(19,20)21/h2-7,9-10H,8H2,1H3,(H,22,23). The summed E-state index contributed by atoms with van der Waals surface area (Å²) in [6, 6.07) is 10.2. The molecule has 26 heavy (non-hydrogen) atoms. The summed E-state index contributed by atoms with van der Waals surface area (Å²) in [5.74, 6) is -0.0395. The number of benzene rings is 2. The minimum atomic E-state index is -4.75. The van der Waals surface area contributed by atoms with Crippen LogP contribution in [0, 0.1) is 0 Å². The van der Waals surface area contributed by atoms with E-state index in [0.29, 0.717) is 22.6 Å². The summed E-state index contributed by atoms with van der Waals surface area (Å²) in [5.41, 5.74) is 1.65. The first-order valence-electron chi connectivity index (χ1n) is 7.54. The molecule has 1 N–H and O–H groups in total. The number of fused-ring (bicyclic) bond motifs is 1. The summed E-state index contributed by atoms with van der Waals surface area (Å²) in [4.78, 5) is 12.2. The average molecular weight is 365 g/mol. The molecule has 1 amide bonds. The summed E-state index contributed by atoms with van der Waals surface area (Å²) in [7, 11) is 1.55. The molecule has 0 atom stereocenters. The Morgan fingerprint density at radius 3 is 2.46 bits per heavy atom. The molecule has 3 rings (SSSR count). The first-order valence-corrected chi connectivity index (χ1v) is 7.54. The summed E-state index contributed by atoms with van der Waals surface area (Å²) >= 11 is 0. The predicted octanol–water partition coefficient (Wildman–Crippen LogP) is 4.52. The van der Waals surface area contributed by atoms with Gasteiger partial charge in [-0.3, -0.25) is 4.79 Å². The summed E-state index contributed by atoms with van der Waals surface area (Å²) in [6.45, 7) is 0. The number of hydrogen-bond acceptors (Lipinski definition) is 4. The number of methoxy groups -OCH3 is 1. The van der Waals surface area contributed by atoms with Crippen molar-refractivity contribution in [3.63, 3.8) is 0 Å². The maximum absolute atomic E-state index is 12.2. The van der Waals surface area contributed by atoms with Crippen molar-refractivity contribution in [1.29, 1.82) is 0 Å². The number of rotatable bonds is 5. The normalized spacial score (nSPS) is 11.4. The summed E-state index contributed by atoms with van der Waals surface area (Å²) < 4.78 is 50.7. The van der Waals surface area contributed by atoms with Crippen LogP contribution in [0.4, 0.5) is 18.9 Å². The molecule has 1 aromatic heterocycles. The molecule has 5 nitrogen and oxygen atoms in total. The third kappa shape index (κ3) is 4.27. The quantitative estimate of drug-likeness (QED) is 0.722. The molecular weight excluding hydrogens is 351 g/mol. The number of ether oxygens (including phenoxy) is 2. The Hall–Kier alpha value is -3.16. The van der Waals surface area contributed by atoms with Crippen LogP contribution in [-0.2, 0) is 11.2 Å². The van der Waals surface area contributed by atoms with Gasteiger partial charge in [0.15, 0.2) is 0 Å². The van der Waals surface area contributed by atoms with Gasteiger partial charge in [0.25, 0.3) is 0 Å². The van der Waals surface area contributed by atoms with E-state index in [0.717, 1.165) is 17.5 Å². The Morgan fingerprint density at radius 1 is 1.12 bits per heavy atom. The van der Waals surface area contributed by atoms with E-state index < -0.39 is 6.36 Å². The number of halogens is 3. The van der Waals surface area contributed by atoms with Gasteiger partial charge in [0.2, 0.25) is 5.91 Å². The zero-order chi connectivity index (χ0) is 18.7. The van der Waals surface area contributed by atoms with Crippen LogP contribution in [0.25, 0.3) is 11.0 Å². The lowest BCUT2D eigenvalue weighted by atomic mass is 10.1. The second kappa shape index (κ2) is 6.99. The number of carbonyl (C=O) groups excluding carboxylic acids is 1. The van der Waals surface area contributed by atoms with Gasteiger partial charge in [-0.1, -0.05) is 0 Å². The van der Waals surface area contributed by atoms with Crippen molar-refractivity contribution in [1.82, 2.24) is 0 Å². The van der Waals surface area contributed by atoms with Gasteiger partial charge < -0.3 is 19.2 Å². The Kier molecular flexibility index (Phi) is 4.75. The van der Waals surface area contributed by atoms with E-state index in [1.165, 1.54) is 18.4 Å². The molecule has 2 aromatic carbocycles. The highest BCUT2D eigenvalue weighted by Gasteiger charge is 2.30. The second-order valence-electron chi connectivity index (χ2n) is 5.42. The van der Waals surface area contributed by atoms with Crippen molar-refractivity contribution < 1.29 is 31.9 Å². The van der Waals surface area contributed by atoms with Gasteiger partial charge in [-0.2, -0.15) is 0 Å². The molecule has 136 valence electrons. The van der Waals surface area contributed by atoms with Crippen LogP contribution in [0.1, 0.15) is 5.56 Å². The first-order chi connectivity index (χ1) is 12.3. The Morgan fingerprint density at radius 2 is 1.81 bits per heavy atom. The number of hydrogen-bond donors (Lipinski definition) is 1. The largest absolute Gasteiger partial charge is 0.573 e. The Labute approximate surface area is 146 Å². The number of carbonyl (C=O) groups is 1. The molecule has 1 heterocycles. The minimum Gasteiger partial charge on any atom is -0.497 e. The van der Waals surface area contributed by atoms with Crippen LogP contribution >= 0.6 is 0 Å². The van der Waals surface area contributed by atoms with Crippen molar-refractivity contribution >= 4 is 22.6 Å². The number of amides is 1. The fourth-order valence-electron chi connectivity index (χ4n) is 2.45. The Bertz CT molecular complexity index is 916. The van der Waals surface area contributed by atoms with Crippen molar-refractivity contribution in [2.24, 2.45) is 0 Å². The fourth-order valence-corrected chi connectivity index (χ4v) is 2.45. The number of anilines is 1. The van der Waals surface area contributed by atoms with E-state index in [9.17, 15) is 18.0 Å². The molecular formula is C18H14F3NO4. The third-order valence-corrected chi connectivity index (χ3v) is 3.59. The molecule has 0 unspecified atom stereocenters. The number of furan rings is 1. The van der Waals surface area contributed by atoms with E-state index in [1.807, 2.05) is 0 Å². The highest BCUT2D eigenvalue weighted by Crippen LogP contribution is 2.27. The topological polar surface area (TPSA) is 60.7 Å². The lowest BCUT2D eigenvalue weighted by molar-refractivity contribution is -0.274. The van der Waals surface area contributed by atoms with Crippen molar-refractivity contribution in [2.75, 3.05) is 12.4 Å². The van der Waals surface area contributed by atoms with Crippen LogP contribution in [0.15, 0.2) is 53.1 Å². The Balaban J connectivity index is 1.65. The molecule has 0 aliphatic rings. The molecule has 0 fully saturated rings. The molecule has 0 bridgehead atoms. The van der Waals surface area contributed by atoms with Gasteiger partial charge in [0.05, 0.1) is 19.8 Å². The second-order valence-corrected chi connectivity index (χ2v) is 5.42. The van der Waals surface area contributed by atoms with Crippen LogP contribution in [0.2, 0.25) is 0 Å². The lowest BCUT2D eigenvalue weighted by Crippen LogP contribution is -2.17. The number of alkyl halides is 3. The molecule has 0 radical (unpaired) electrons. The third-order valence-electron chi connectivity index (χ3n) is 3.59. The SMILES string of the molecule is COc1ccc2c(CC(=O)Nc3ccc(OC(F)(F)F)cc3)coc2c1. The van der Waals surface area contributed by atoms with E-state index in [2.05, 4.69) is 10.1 Å². The van der Waals surface area contributed by atoms with Crippen LogP contribution < -0.4 is 14.8 Å². The van der Waals surface area contributed by atoms with Gasteiger partial charge in [0, 0.05) is 22.7 Å². The van der Waals surface area contributed by atoms with E-state index in [1.54, 1.807) is 25.3 Å². The van der Waals surface area contributed by atoms with Gasteiger partial charge in [-0.05, 0) is 36.4 Å². The summed E-state index contributed by atoms with van der Waals surface area (Å²) in [5, 5.41) is 3.40. The molecule has 0 aliphatic heterocycles. The van der Waals surface area contributed by atoms with Gasteiger partial charge in [0.1, 0.15) is 17.1 Å².